The van der Waals surface area contributed by atoms with Gasteiger partial charge >= 0.3 is 0 Å². The maximum atomic E-state index is 11.6. The zero-order valence-corrected chi connectivity index (χ0v) is 12.0. The van der Waals surface area contributed by atoms with E-state index >= 15 is 0 Å². The van der Waals surface area contributed by atoms with E-state index in [4.69, 9.17) is 10.6 Å². The van der Waals surface area contributed by atoms with Gasteiger partial charge in [0.1, 0.15) is 0 Å². The molecule has 6 heteroatoms. The van der Waals surface area contributed by atoms with Crippen LogP contribution in [0.4, 0.5) is 0 Å². The van der Waals surface area contributed by atoms with Gasteiger partial charge < -0.3 is 4.74 Å². The SMILES string of the molecule is CCN(Cc1ccsc1C(=O)NN)CC1CCCO1. The molecule has 1 aliphatic heterocycles. The summed E-state index contributed by atoms with van der Waals surface area (Å²) in [6.45, 7) is 5.64. The highest BCUT2D eigenvalue weighted by atomic mass is 32.1. The van der Waals surface area contributed by atoms with E-state index in [1.165, 1.54) is 11.3 Å². The number of rotatable bonds is 6. The van der Waals surface area contributed by atoms with E-state index in [1.807, 2.05) is 11.4 Å². The molecule has 0 aliphatic carbocycles. The first-order valence-corrected chi connectivity index (χ1v) is 7.53. The maximum absolute atomic E-state index is 11.6. The van der Waals surface area contributed by atoms with Gasteiger partial charge in [-0.15, -0.1) is 11.3 Å². The van der Waals surface area contributed by atoms with Crippen LogP contribution in [-0.2, 0) is 11.3 Å². The van der Waals surface area contributed by atoms with Gasteiger partial charge in [-0.2, -0.15) is 0 Å². The standard InChI is InChI=1S/C13H21N3O2S/c1-2-16(9-11-4-3-6-18-11)8-10-5-7-19-12(10)13(17)15-14/h5,7,11H,2-4,6,8-9,14H2,1H3,(H,15,17). The smallest absolute Gasteiger partial charge is 0.275 e. The summed E-state index contributed by atoms with van der Waals surface area (Å²) in [5, 5.41) is 1.93. The van der Waals surface area contributed by atoms with Crippen molar-refractivity contribution in [1.82, 2.24) is 10.3 Å². The van der Waals surface area contributed by atoms with Crippen LogP contribution in [0.2, 0.25) is 0 Å². The minimum atomic E-state index is -0.210. The molecule has 2 heterocycles. The third kappa shape index (κ3) is 3.76. The first kappa shape index (κ1) is 14.5. The van der Waals surface area contributed by atoms with Crippen molar-refractivity contribution in [2.24, 2.45) is 5.84 Å². The van der Waals surface area contributed by atoms with Crippen LogP contribution in [-0.4, -0.2) is 36.6 Å². The topological polar surface area (TPSA) is 67.6 Å². The number of likely N-dealkylation sites (N-methyl/N-ethyl adjacent to an activating group) is 1. The van der Waals surface area contributed by atoms with Crippen molar-refractivity contribution in [3.63, 3.8) is 0 Å². The molecule has 5 nitrogen and oxygen atoms in total. The fourth-order valence-electron chi connectivity index (χ4n) is 2.35. The molecule has 0 bridgehead atoms. The Hall–Kier alpha value is -0.950. The molecule has 1 saturated heterocycles. The summed E-state index contributed by atoms with van der Waals surface area (Å²) in [7, 11) is 0. The van der Waals surface area contributed by atoms with Gasteiger partial charge in [0.05, 0.1) is 11.0 Å². The Morgan fingerprint density at radius 2 is 2.53 bits per heavy atom. The monoisotopic (exact) mass is 283 g/mol. The molecule has 1 unspecified atom stereocenters. The lowest BCUT2D eigenvalue weighted by atomic mass is 10.2. The molecule has 2 rings (SSSR count). The number of nitrogens with one attached hydrogen (secondary N) is 1. The summed E-state index contributed by atoms with van der Waals surface area (Å²) < 4.78 is 5.66. The second-order valence-corrected chi connectivity index (χ2v) is 5.63. The van der Waals surface area contributed by atoms with Crippen LogP contribution in [0.1, 0.15) is 35.0 Å². The Balaban J connectivity index is 1.97. The van der Waals surface area contributed by atoms with E-state index in [0.717, 1.165) is 44.6 Å². The van der Waals surface area contributed by atoms with E-state index in [2.05, 4.69) is 17.2 Å². The molecule has 0 saturated carbocycles. The highest BCUT2D eigenvalue weighted by Gasteiger charge is 2.20. The summed E-state index contributed by atoms with van der Waals surface area (Å²) in [6, 6.07) is 1.99. The Labute approximate surface area is 117 Å². The predicted molar refractivity (Wildman–Crippen MR) is 75.9 cm³/mol. The molecule has 1 aromatic heterocycles. The summed E-state index contributed by atoms with van der Waals surface area (Å²) in [5.74, 6) is 4.99. The number of hydrogen-bond acceptors (Lipinski definition) is 5. The van der Waals surface area contributed by atoms with E-state index in [-0.39, 0.29) is 5.91 Å². The maximum Gasteiger partial charge on any atom is 0.275 e. The number of hydrogen-bond donors (Lipinski definition) is 2. The molecule has 0 aromatic carbocycles. The van der Waals surface area contributed by atoms with Crippen LogP contribution in [0.3, 0.4) is 0 Å². The Morgan fingerprint density at radius 3 is 3.16 bits per heavy atom. The van der Waals surface area contributed by atoms with Crippen LogP contribution in [0, 0.1) is 0 Å². The average molecular weight is 283 g/mol. The van der Waals surface area contributed by atoms with E-state index in [0.29, 0.717) is 11.0 Å². The van der Waals surface area contributed by atoms with Crippen LogP contribution in [0.25, 0.3) is 0 Å². The molecule has 19 heavy (non-hydrogen) atoms. The number of nitrogens with two attached hydrogens (primary N) is 1. The number of thiophene rings is 1. The summed E-state index contributed by atoms with van der Waals surface area (Å²) in [5.41, 5.74) is 3.24. The Bertz CT molecular complexity index is 416. The lowest BCUT2D eigenvalue weighted by Crippen LogP contribution is -2.33. The minimum absolute atomic E-state index is 0.210. The van der Waals surface area contributed by atoms with Gasteiger partial charge in [0.2, 0.25) is 0 Å². The number of hydrazine groups is 1. The Kier molecular flexibility index (Phi) is 5.33. The predicted octanol–water partition coefficient (Wildman–Crippen LogP) is 1.35. The molecule has 1 aromatic rings. The normalized spacial score (nSPS) is 19.0. The summed E-state index contributed by atoms with van der Waals surface area (Å²) in [6.07, 6.45) is 2.63. The minimum Gasteiger partial charge on any atom is -0.377 e. The Morgan fingerprint density at radius 1 is 1.68 bits per heavy atom. The van der Waals surface area contributed by atoms with Gasteiger partial charge in [-0.1, -0.05) is 6.92 Å². The number of nitrogen functional groups attached to an aromatic ring is 1. The van der Waals surface area contributed by atoms with Crippen molar-refractivity contribution in [3.8, 4) is 0 Å². The third-order valence-corrected chi connectivity index (χ3v) is 4.37. The van der Waals surface area contributed by atoms with Crippen molar-refractivity contribution in [3.05, 3.63) is 21.9 Å². The zero-order chi connectivity index (χ0) is 13.7. The van der Waals surface area contributed by atoms with Crippen molar-refractivity contribution in [1.29, 1.82) is 0 Å². The summed E-state index contributed by atoms with van der Waals surface area (Å²) >= 11 is 1.43. The van der Waals surface area contributed by atoms with Crippen LogP contribution >= 0.6 is 11.3 Å². The highest BCUT2D eigenvalue weighted by Crippen LogP contribution is 2.20. The van der Waals surface area contributed by atoms with Crippen molar-refractivity contribution >= 4 is 17.2 Å². The number of nitrogens with zero attached hydrogens (tertiary/aromatic N) is 1. The fraction of sp³-hybridized carbons (Fsp3) is 0.615. The number of amides is 1. The molecule has 1 fully saturated rings. The second-order valence-electron chi connectivity index (χ2n) is 4.71. The molecule has 106 valence electrons. The van der Waals surface area contributed by atoms with Gasteiger partial charge in [0, 0.05) is 19.7 Å². The lowest BCUT2D eigenvalue weighted by molar-refractivity contribution is 0.0723. The molecular weight excluding hydrogens is 262 g/mol. The molecule has 0 radical (unpaired) electrons. The van der Waals surface area contributed by atoms with Crippen LogP contribution < -0.4 is 11.3 Å². The first-order chi connectivity index (χ1) is 9.24. The van der Waals surface area contributed by atoms with Crippen molar-refractivity contribution < 1.29 is 9.53 Å². The van der Waals surface area contributed by atoms with Crippen LogP contribution in [0.5, 0.6) is 0 Å². The molecule has 3 N–H and O–H groups in total. The zero-order valence-electron chi connectivity index (χ0n) is 11.2. The average Bonchev–Trinajstić information content (AvgIpc) is 3.08. The van der Waals surface area contributed by atoms with E-state index in [1.54, 1.807) is 0 Å². The molecule has 1 amide bonds. The third-order valence-electron chi connectivity index (χ3n) is 3.41. The fourth-order valence-corrected chi connectivity index (χ4v) is 3.17. The van der Waals surface area contributed by atoms with Gasteiger partial charge in [0.15, 0.2) is 0 Å². The first-order valence-electron chi connectivity index (χ1n) is 6.65. The van der Waals surface area contributed by atoms with Gasteiger partial charge in [-0.25, -0.2) is 5.84 Å². The molecule has 1 atom stereocenters. The van der Waals surface area contributed by atoms with E-state index < -0.39 is 0 Å². The number of carbonyl (C=O) groups excluding carboxylic acids is 1. The largest absolute Gasteiger partial charge is 0.377 e. The van der Waals surface area contributed by atoms with Crippen molar-refractivity contribution in [2.45, 2.75) is 32.4 Å². The molecule has 0 spiro atoms. The van der Waals surface area contributed by atoms with E-state index in [9.17, 15) is 4.79 Å². The van der Waals surface area contributed by atoms with Gasteiger partial charge in [-0.05, 0) is 36.4 Å². The molecule has 1 aliphatic rings. The molecular formula is C13H21N3O2S. The van der Waals surface area contributed by atoms with Gasteiger partial charge in [0.25, 0.3) is 5.91 Å². The number of ether oxygens (including phenoxy) is 1. The second kappa shape index (κ2) is 7.00. The summed E-state index contributed by atoms with van der Waals surface area (Å²) in [4.78, 5) is 14.7. The van der Waals surface area contributed by atoms with Gasteiger partial charge in [-0.3, -0.25) is 15.1 Å². The quantitative estimate of drug-likeness (QED) is 0.470. The highest BCUT2D eigenvalue weighted by molar-refractivity contribution is 7.12. The van der Waals surface area contributed by atoms with Crippen LogP contribution in [0.15, 0.2) is 11.4 Å². The van der Waals surface area contributed by atoms with Crippen molar-refractivity contribution in [2.75, 3.05) is 19.7 Å². The lowest BCUT2D eigenvalue weighted by Gasteiger charge is -2.23. The number of carbonyl (C=O) groups is 1.